The van der Waals surface area contributed by atoms with Gasteiger partial charge in [0.2, 0.25) is 0 Å². The van der Waals surface area contributed by atoms with Crippen LogP contribution in [0.3, 0.4) is 0 Å². The van der Waals surface area contributed by atoms with E-state index < -0.39 is 0 Å². The average molecular weight is 247 g/mol. The van der Waals surface area contributed by atoms with Gasteiger partial charge in [0.05, 0.1) is 11.9 Å². The summed E-state index contributed by atoms with van der Waals surface area (Å²) < 4.78 is 0. The van der Waals surface area contributed by atoms with Gasteiger partial charge in [-0.1, -0.05) is 12.8 Å². The molecule has 0 aromatic carbocycles. The molecule has 1 heterocycles. The Morgan fingerprint density at radius 2 is 2.28 bits per heavy atom. The maximum absolute atomic E-state index is 11.9. The number of hydrogen-bond donors (Lipinski definition) is 2. The molecular formula is C14H21N3O. The first-order valence-corrected chi connectivity index (χ1v) is 6.69. The third-order valence-electron chi connectivity index (χ3n) is 3.14. The van der Waals surface area contributed by atoms with Gasteiger partial charge in [-0.2, -0.15) is 0 Å². The molecule has 1 aliphatic rings. The maximum atomic E-state index is 11.9. The first kappa shape index (κ1) is 12.9. The van der Waals surface area contributed by atoms with E-state index in [1.54, 1.807) is 12.3 Å². The van der Waals surface area contributed by atoms with E-state index in [9.17, 15) is 4.79 Å². The number of rotatable bonds is 6. The lowest BCUT2D eigenvalue weighted by Crippen LogP contribution is -2.33. The summed E-state index contributed by atoms with van der Waals surface area (Å²) in [6, 6.07) is 3.88. The van der Waals surface area contributed by atoms with Crippen LogP contribution in [-0.2, 0) is 0 Å². The van der Waals surface area contributed by atoms with E-state index in [4.69, 9.17) is 0 Å². The number of carbonyl (C=O) groups excluding carboxylic acids is 1. The van der Waals surface area contributed by atoms with Crippen LogP contribution < -0.4 is 10.6 Å². The van der Waals surface area contributed by atoms with Gasteiger partial charge >= 0.3 is 0 Å². The zero-order valence-corrected chi connectivity index (χ0v) is 11.1. The second-order valence-corrected chi connectivity index (χ2v) is 5.02. The van der Waals surface area contributed by atoms with Gasteiger partial charge in [-0.25, -0.2) is 4.98 Å². The molecule has 4 heteroatoms. The molecule has 18 heavy (non-hydrogen) atoms. The van der Waals surface area contributed by atoms with Crippen molar-refractivity contribution in [3.05, 3.63) is 24.0 Å². The molecule has 2 N–H and O–H groups in total. The van der Waals surface area contributed by atoms with Crippen molar-refractivity contribution >= 4 is 11.6 Å². The topological polar surface area (TPSA) is 54.0 Å². The summed E-state index contributed by atoms with van der Waals surface area (Å²) in [7, 11) is 0. The monoisotopic (exact) mass is 247 g/mol. The minimum Gasteiger partial charge on any atom is -0.384 e. The Balaban J connectivity index is 1.86. The van der Waals surface area contributed by atoms with Crippen molar-refractivity contribution in [2.45, 2.75) is 39.2 Å². The minimum atomic E-state index is -0.0776. The second kappa shape index (κ2) is 5.85. The Morgan fingerprint density at radius 1 is 1.50 bits per heavy atom. The number of amides is 1. The third-order valence-corrected chi connectivity index (χ3v) is 3.14. The molecule has 1 fully saturated rings. The molecule has 1 amide bonds. The molecule has 1 aliphatic carbocycles. The number of nitrogens with one attached hydrogen (secondary N) is 2. The highest BCUT2D eigenvalue weighted by Gasteiger charge is 2.24. The van der Waals surface area contributed by atoms with Crippen LogP contribution in [0.25, 0.3) is 0 Å². The van der Waals surface area contributed by atoms with Crippen LogP contribution in [0.2, 0.25) is 0 Å². The zero-order valence-electron chi connectivity index (χ0n) is 11.1. The van der Waals surface area contributed by atoms with E-state index in [-0.39, 0.29) is 11.9 Å². The highest BCUT2D eigenvalue weighted by atomic mass is 16.1. The summed E-state index contributed by atoms with van der Waals surface area (Å²) in [6.45, 7) is 4.94. The van der Waals surface area contributed by atoms with Crippen molar-refractivity contribution in [3.63, 3.8) is 0 Å². The lowest BCUT2D eigenvalue weighted by molar-refractivity contribution is 0.0932. The summed E-state index contributed by atoms with van der Waals surface area (Å²) >= 11 is 0. The predicted molar refractivity (Wildman–Crippen MR) is 72.7 cm³/mol. The summed E-state index contributed by atoms with van der Waals surface area (Å²) in [5.41, 5.74) is 1.43. The summed E-state index contributed by atoms with van der Waals surface area (Å²) in [5, 5.41) is 6.15. The van der Waals surface area contributed by atoms with Gasteiger partial charge in [0.25, 0.3) is 5.91 Å². The first-order chi connectivity index (χ1) is 8.69. The molecular weight excluding hydrogens is 226 g/mol. The van der Waals surface area contributed by atoms with E-state index in [0.29, 0.717) is 5.69 Å². The quantitative estimate of drug-likeness (QED) is 0.811. The van der Waals surface area contributed by atoms with Crippen LogP contribution in [0.15, 0.2) is 18.3 Å². The standard InChI is InChI=1S/C14H21N3O/c1-3-15-12-6-7-13(16-9-12)14(18)17-10(2)8-11-4-5-11/h6-7,9-11,15H,3-5,8H2,1-2H3,(H,17,18). The molecule has 1 atom stereocenters. The number of pyridine rings is 1. The van der Waals surface area contributed by atoms with Crippen LogP contribution in [-0.4, -0.2) is 23.5 Å². The Morgan fingerprint density at radius 3 is 2.83 bits per heavy atom. The summed E-state index contributed by atoms with van der Waals surface area (Å²) in [5.74, 6) is 0.746. The average Bonchev–Trinajstić information content (AvgIpc) is 3.14. The third kappa shape index (κ3) is 3.72. The van der Waals surface area contributed by atoms with Gasteiger partial charge in [-0.05, 0) is 38.3 Å². The molecule has 1 aromatic heterocycles. The molecule has 0 aliphatic heterocycles. The fourth-order valence-electron chi connectivity index (χ4n) is 2.05. The highest BCUT2D eigenvalue weighted by Crippen LogP contribution is 2.33. The van der Waals surface area contributed by atoms with Gasteiger partial charge < -0.3 is 10.6 Å². The predicted octanol–water partition coefficient (Wildman–Crippen LogP) is 2.43. The van der Waals surface area contributed by atoms with E-state index in [0.717, 1.165) is 24.6 Å². The fourth-order valence-corrected chi connectivity index (χ4v) is 2.05. The van der Waals surface area contributed by atoms with Gasteiger partial charge in [0, 0.05) is 12.6 Å². The van der Waals surface area contributed by atoms with Crippen molar-refractivity contribution in [2.75, 3.05) is 11.9 Å². The Labute approximate surface area is 108 Å². The first-order valence-electron chi connectivity index (χ1n) is 6.69. The van der Waals surface area contributed by atoms with Gasteiger partial charge in [0.1, 0.15) is 5.69 Å². The maximum Gasteiger partial charge on any atom is 0.270 e. The molecule has 0 radical (unpaired) electrons. The van der Waals surface area contributed by atoms with Crippen LogP contribution in [0.1, 0.15) is 43.6 Å². The molecule has 1 saturated carbocycles. The highest BCUT2D eigenvalue weighted by molar-refractivity contribution is 5.92. The van der Waals surface area contributed by atoms with Gasteiger partial charge in [-0.15, -0.1) is 0 Å². The minimum absolute atomic E-state index is 0.0776. The second-order valence-electron chi connectivity index (χ2n) is 5.02. The number of anilines is 1. The van der Waals surface area contributed by atoms with Crippen molar-refractivity contribution in [3.8, 4) is 0 Å². The smallest absolute Gasteiger partial charge is 0.270 e. The molecule has 98 valence electrons. The van der Waals surface area contributed by atoms with Crippen molar-refractivity contribution in [1.29, 1.82) is 0 Å². The van der Waals surface area contributed by atoms with Crippen LogP contribution in [0.4, 0.5) is 5.69 Å². The van der Waals surface area contributed by atoms with E-state index in [2.05, 4.69) is 22.5 Å². The molecule has 1 unspecified atom stereocenters. The van der Waals surface area contributed by atoms with Gasteiger partial charge in [0.15, 0.2) is 0 Å². The van der Waals surface area contributed by atoms with Gasteiger partial charge in [-0.3, -0.25) is 4.79 Å². The molecule has 2 rings (SSSR count). The number of nitrogens with zero attached hydrogens (tertiary/aromatic N) is 1. The normalized spacial score (nSPS) is 16.1. The van der Waals surface area contributed by atoms with E-state index in [1.165, 1.54) is 12.8 Å². The number of aromatic nitrogens is 1. The van der Waals surface area contributed by atoms with Crippen molar-refractivity contribution in [2.24, 2.45) is 5.92 Å². The lowest BCUT2D eigenvalue weighted by atomic mass is 10.1. The Bertz CT molecular complexity index is 398. The molecule has 0 saturated heterocycles. The number of carbonyl (C=O) groups is 1. The van der Waals surface area contributed by atoms with Crippen LogP contribution in [0.5, 0.6) is 0 Å². The lowest BCUT2D eigenvalue weighted by Gasteiger charge is -2.13. The molecule has 1 aromatic rings. The van der Waals surface area contributed by atoms with E-state index in [1.807, 2.05) is 13.0 Å². The molecule has 4 nitrogen and oxygen atoms in total. The number of hydrogen-bond acceptors (Lipinski definition) is 3. The SMILES string of the molecule is CCNc1ccc(C(=O)NC(C)CC2CC2)nc1. The Kier molecular flexibility index (Phi) is 4.18. The largest absolute Gasteiger partial charge is 0.384 e. The zero-order chi connectivity index (χ0) is 13.0. The van der Waals surface area contributed by atoms with Crippen molar-refractivity contribution < 1.29 is 4.79 Å². The summed E-state index contributed by atoms with van der Waals surface area (Å²) in [4.78, 5) is 16.1. The van der Waals surface area contributed by atoms with Crippen LogP contribution >= 0.6 is 0 Å². The fraction of sp³-hybridized carbons (Fsp3) is 0.571. The summed E-state index contributed by atoms with van der Waals surface area (Å²) in [6.07, 6.45) is 5.41. The van der Waals surface area contributed by atoms with Crippen LogP contribution in [0, 0.1) is 5.92 Å². The molecule has 0 bridgehead atoms. The molecule has 0 spiro atoms. The Hall–Kier alpha value is -1.58. The van der Waals surface area contributed by atoms with E-state index >= 15 is 0 Å². The van der Waals surface area contributed by atoms with Crippen molar-refractivity contribution in [1.82, 2.24) is 10.3 Å².